The number of hydrogen-bond acceptors (Lipinski definition) is 5. The molecule has 1 N–H and O–H groups in total. The molecule has 116 valence electrons. The summed E-state index contributed by atoms with van der Waals surface area (Å²) in [6, 6.07) is 1.52. The van der Waals surface area contributed by atoms with Gasteiger partial charge in [-0.25, -0.2) is 4.98 Å². The Bertz CT molecular complexity index is 780. The predicted octanol–water partition coefficient (Wildman–Crippen LogP) is 4.92. The summed E-state index contributed by atoms with van der Waals surface area (Å²) in [4.78, 5) is 29.4. The van der Waals surface area contributed by atoms with Crippen LogP contribution in [0.2, 0.25) is 8.67 Å². The van der Waals surface area contributed by atoms with Crippen molar-refractivity contribution >= 4 is 62.7 Å². The van der Waals surface area contributed by atoms with Crippen molar-refractivity contribution in [3.63, 3.8) is 0 Å². The third kappa shape index (κ3) is 3.06. The highest BCUT2D eigenvalue weighted by atomic mass is 35.5. The number of halogens is 2. The molecule has 0 aliphatic heterocycles. The van der Waals surface area contributed by atoms with Gasteiger partial charge in [-0.1, -0.05) is 48.4 Å². The molecule has 2 aromatic heterocycles. The van der Waals surface area contributed by atoms with Crippen LogP contribution in [0, 0.1) is 5.41 Å². The second kappa shape index (κ2) is 5.60. The number of thiophene rings is 1. The number of Topliss-reactive ketones (excluding diaryl/α,β-unsaturated/α-hetero) is 1. The molecule has 0 unspecified atom stereocenters. The lowest BCUT2D eigenvalue weighted by molar-refractivity contribution is 0.0915. The second-order valence-corrected chi connectivity index (χ2v) is 9.21. The number of amides is 1. The first-order valence-corrected chi connectivity index (χ1v) is 8.93. The summed E-state index contributed by atoms with van der Waals surface area (Å²) in [7, 11) is 0. The minimum atomic E-state index is -0.369. The van der Waals surface area contributed by atoms with Crippen molar-refractivity contribution in [3.05, 3.63) is 30.9 Å². The molecule has 0 saturated carbocycles. The monoisotopic (exact) mass is 374 g/mol. The van der Waals surface area contributed by atoms with Crippen molar-refractivity contribution in [3.8, 4) is 0 Å². The number of carbonyl (C=O) groups excluding carboxylic acids is 2. The number of hydrogen-bond donors (Lipinski definition) is 1. The van der Waals surface area contributed by atoms with Gasteiger partial charge in [0, 0.05) is 6.42 Å². The van der Waals surface area contributed by atoms with E-state index < -0.39 is 0 Å². The summed E-state index contributed by atoms with van der Waals surface area (Å²) >= 11 is 14.2. The summed E-state index contributed by atoms with van der Waals surface area (Å²) in [6.07, 6.45) is 1.23. The van der Waals surface area contributed by atoms with Crippen LogP contribution < -0.4 is 5.32 Å². The highest BCUT2D eigenvalue weighted by Crippen LogP contribution is 2.38. The zero-order chi connectivity index (χ0) is 16.1. The first-order valence-electron chi connectivity index (χ1n) is 6.54. The molecule has 1 aliphatic rings. The number of carbonyl (C=O) groups is 2. The van der Waals surface area contributed by atoms with Crippen molar-refractivity contribution < 1.29 is 9.59 Å². The Labute approximate surface area is 145 Å². The van der Waals surface area contributed by atoms with Crippen LogP contribution in [0.15, 0.2) is 6.07 Å². The van der Waals surface area contributed by atoms with Gasteiger partial charge >= 0.3 is 0 Å². The summed E-state index contributed by atoms with van der Waals surface area (Å²) in [6.45, 7) is 4.08. The van der Waals surface area contributed by atoms with Crippen molar-refractivity contribution in [1.82, 2.24) is 4.98 Å². The maximum absolute atomic E-state index is 12.2. The average molecular weight is 375 g/mol. The first-order chi connectivity index (χ1) is 10.2. The van der Waals surface area contributed by atoms with Gasteiger partial charge < -0.3 is 0 Å². The van der Waals surface area contributed by atoms with E-state index in [0.29, 0.717) is 30.7 Å². The molecule has 2 aromatic rings. The normalized spacial score (nSPS) is 16.5. The maximum Gasteiger partial charge on any atom is 0.259 e. The van der Waals surface area contributed by atoms with Crippen LogP contribution in [-0.4, -0.2) is 16.7 Å². The van der Waals surface area contributed by atoms with Gasteiger partial charge in [0.15, 0.2) is 10.9 Å². The Morgan fingerprint density at radius 3 is 2.68 bits per heavy atom. The molecule has 0 bridgehead atoms. The van der Waals surface area contributed by atoms with E-state index in [0.717, 1.165) is 23.5 Å². The van der Waals surface area contributed by atoms with E-state index in [2.05, 4.69) is 10.3 Å². The Morgan fingerprint density at radius 1 is 1.32 bits per heavy atom. The maximum atomic E-state index is 12.2. The van der Waals surface area contributed by atoms with Gasteiger partial charge in [-0.2, -0.15) is 0 Å². The third-order valence-electron chi connectivity index (χ3n) is 3.36. The van der Waals surface area contributed by atoms with E-state index in [1.54, 1.807) is 0 Å². The molecule has 22 heavy (non-hydrogen) atoms. The number of nitrogens with one attached hydrogen (secondary N) is 1. The Hall–Kier alpha value is -0.950. The smallest absolute Gasteiger partial charge is 0.259 e. The van der Waals surface area contributed by atoms with Crippen LogP contribution >= 0.6 is 45.9 Å². The summed E-state index contributed by atoms with van der Waals surface area (Å²) < 4.78 is 0.784. The van der Waals surface area contributed by atoms with Gasteiger partial charge in [0.25, 0.3) is 5.91 Å². The van der Waals surface area contributed by atoms with Gasteiger partial charge in [-0.05, 0) is 17.9 Å². The number of anilines is 1. The topological polar surface area (TPSA) is 59.1 Å². The standard InChI is InChI=1S/C14H12Cl2N2O2S2/c1-14(2)4-7-10(8(19)5-14)22-13(17-7)18-12(20)6-3-9(15)21-11(6)16/h3H,4-5H2,1-2H3,(H,17,18,20). The fourth-order valence-corrected chi connectivity index (χ4v) is 4.81. The zero-order valence-corrected chi connectivity index (χ0v) is 15.0. The molecule has 0 aromatic carbocycles. The molecule has 1 amide bonds. The van der Waals surface area contributed by atoms with E-state index in [4.69, 9.17) is 23.2 Å². The van der Waals surface area contributed by atoms with E-state index in [1.165, 1.54) is 17.4 Å². The number of nitrogens with zero attached hydrogens (tertiary/aromatic N) is 1. The molecular formula is C14H12Cl2N2O2S2. The van der Waals surface area contributed by atoms with Crippen molar-refractivity contribution in [1.29, 1.82) is 0 Å². The van der Waals surface area contributed by atoms with Crippen LogP contribution in [0.25, 0.3) is 0 Å². The minimum absolute atomic E-state index is 0.0841. The summed E-state index contributed by atoms with van der Waals surface area (Å²) in [5.74, 6) is -0.285. The quantitative estimate of drug-likeness (QED) is 0.811. The van der Waals surface area contributed by atoms with Crippen LogP contribution in [-0.2, 0) is 6.42 Å². The van der Waals surface area contributed by atoms with Crippen LogP contribution in [0.4, 0.5) is 5.13 Å². The van der Waals surface area contributed by atoms with E-state index in [9.17, 15) is 9.59 Å². The summed E-state index contributed by atoms with van der Waals surface area (Å²) in [5, 5.41) is 3.11. The lowest BCUT2D eigenvalue weighted by Gasteiger charge is -2.26. The highest BCUT2D eigenvalue weighted by molar-refractivity contribution is 7.20. The molecule has 2 heterocycles. The Morgan fingerprint density at radius 2 is 2.05 bits per heavy atom. The van der Waals surface area contributed by atoms with Crippen molar-refractivity contribution in [2.45, 2.75) is 26.7 Å². The predicted molar refractivity (Wildman–Crippen MR) is 90.8 cm³/mol. The molecule has 0 fully saturated rings. The fraction of sp³-hybridized carbons (Fsp3) is 0.357. The molecule has 0 radical (unpaired) electrons. The van der Waals surface area contributed by atoms with Crippen molar-refractivity contribution in [2.24, 2.45) is 5.41 Å². The molecule has 0 spiro atoms. The van der Waals surface area contributed by atoms with Gasteiger partial charge in [-0.3, -0.25) is 14.9 Å². The minimum Gasteiger partial charge on any atom is -0.298 e. The van der Waals surface area contributed by atoms with Crippen LogP contribution in [0.1, 0.15) is 46.0 Å². The molecule has 8 heteroatoms. The Balaban J connectivity index is 1.84. The SMILES string of the molecule is CC1(C)CC(=O)c2sc(NC(=O)c3cc(Cl)sc3Cl)nc2C1. The lowest BCUT2D eigenvalue weighted by atomic mass is 9.78. The summed E-state index contributed by atoms with van der Waals surface area (Å²) in [5.41, 5.74) is 0.983. The third-order valence-corrected chi connectivity index (χ3v) is 5.90. The molecule has 3 rings (SSSR count). The fourth-order valence-electron chi connectivity index (χ4n) is 2.43. The number of ketones is 1. The van der Waals surface area contributed by atoms with E-state index in [-0.39, 0.29) is 17.1 Å². The van der Waals surface area contributed by atoms with Crippen molar-refractivity contribution in [2.75, 3.05) is 5.32 Å². The Kier molecular flexibility index (Phi) is 4.05. The van der Waals surface area contributed by atoms with Crippen LogP contribution in [0.3, 0.4) is 0 Å². The molecule has 0 saturated heterocycles. The average Bonchev–Trinajstić information content (AvgIpc) is 2.91. The van der Waals surface area contributed by atoms with E-state index >= 15 is 0 Å². The van der Waals surface area contributed by atoms with Gasteiger partial charge in [0.2, 0.25) is 0 Å². The first kappa shape index (κ1) is 15.9. The molecule has 0 atom stereocenters. The second-order valence-electron chi connectivity index (χ2n) is 5.93. The van der Waals surface area contributed by atoms with Gasteiger partial charge in [-0.15, -0.1) is 11.3 Å². The highest BCUT2D eigenvalue weighted by Gasteiger charge is 2.34. The largest absolute Gasteiger partial charge is 0.298 e. The zero-order valence-electron chi connectivity index (χ0n) is 11.8. The molecule has 4 nitrogen and oxygen atoms in total. The number of rotatable bonds is 2. The lowest BCUT2D eigenvalue weighted by Crippen LogP contribution is -2.26. The number of fused-ring (bicyclic) bond motifs is 1. The van der Waals surface area contributed by atoms with Gasteiger partial charge in [0.05, 0.1) is 20.5 Å². The molecule has 1 aliphatic carbocycles. The van der Waals surface area contributed by atoms with Gasteiger partial charge in [0.1, 0.15) is 4.34 Å². The van der Waals surface area contributed by atoms with Crippen LogP contribution in [0.5, 0.6) is 0 Å². The van der Waals surface area contributed by atoms with E-state index in [1.807, 2.05) is 13.8 Å². The number of aromatic nitrogens is 1. The molecular weight excluding hydrogens is 363 g/mol. The number of thiazole rings is 1.